The third-order valence-corrected chi connectivity index (χ3v) is 47.8. The number of sulfonamides is 5. The lowest BCUT2D eigenvalue weighted by Gasteiger charge is -2.21. The first kappa shape index (κ1) is 123. The summed E-state index contributed by atoms with van der Waals surface area (Å²) in [5.41, 5.74) is -9.40. The van der Waals surface area contributed by atoms with Crippen LogP contribution in [0.1, 0.15) is 51.8 Å². The van der Waals surface area contributed by atoms with Gasteiger partial charge in [0, 0.05) is 70.3 Å². The van der Waals surface area contributed by atoms with Crippen LogP contribution >= 0.6 is 407 Å². The minimum atomic E-state index is -5.57. The van der Waals surface area contributed by atoms with Crippen LogP contribution in [0.5, 0.6) is 0 Å². The summed E-state index contributed by atoms with van der Waals surface area (Å²) in [6.45, 7) is -5.46. The fourth-order valence-electron chi connectivity index (χ4n) is 8.01. The molecular weight excluding hydrogens is 3900 g/mol. The molecule has 0 aliphatic heterocycles. The Labute approximate surface area is 962 Å². The molecule has 0 heterocycles. The average Bonchev–Trinajstić information content (AvgIpc) is 0.759. The van der Waals surface area contributed by atoms with Crippen LogP contribution in [0.3, 0.4) is 0 Å². The predicted molar refractivity (Wildman–Crippen MR) is 584 cm³/mol. The van der Waals surface area contributed by atoms with Gasteiger partial charge in [0.2, 0.25) is 5.82 Å². The molecule has 0 fully saturated rings. The van der Waals surface area contributed by atoms with E-state index in [1.165, 1.54) is 6.07 Å². The Hall–Kier alpha value is 2.75. The molecule has 0 aromatic heterocycles. The highest BCUT2D eigenvalue weighted by molar-refractivity contribution is 14.1. The zero-order valence-electron chi connectivity index (χ0n) is 60.5. The van der Waals surface area contributed by atoms with Crippen LogP contribution in [0.4, 0.5) is 65.9 Å². The van der Waals surface area contributed by atoms with Crippen LogP contribution in [-0.2, 0) is 73.8 Å². The van der Waals surface area contributed by atoms with Crippen molar-refractivity contribution in [3.05, 3.63) is 247 Å². The molecule has 0 atom stereocenters. The molecule has 0 N–H and O–H groups in total. The van der Waals surface area contributed by atoms with E-state index in [1.807, 2.05) is 222 Å². The molecule has 0 bridgehead atoms. The minimum absolute atomic E-state index is 0.213. The largest absolute Gasteiger partial charge is 0.542 e. The summed E-state index contributed by atoms with van der Waals surface area (Å²) >= 11 is 36.8. The highest BCUT2D eigenvalue weighted by Gasteiger charge is 2.40. The SMILES string of the molecule is O=C(OCC[N-]S(=O)(=O)C(F)(F)F)c1c(I)c(I)c(I)c(I)c1I.O=C(OCC[N-]S(=O)(=O)C(F)(F)F)c1cc(I)c(I)c(I)c1I.O=C(OCC[N-]S(=O)(=O)c1c(F)c(F)c(F)c(F)c1F)c1cc(I)cc(I)c1I.O=C(OCC[N-]S(=O)(=O)c1cc(F)cc(F)c1)c1cc(I)cc(I)c1I.O=C(OCC[N-]S(=O)(=O)c1cccc(F)c1F)c1cc(I)cc(I)c1I. The van der Waals surface area contributed by atoms with Gasteiger partial charge in [0.15, 0.2) is 54.9 Å². The van der Waals surface area contributed by atoms with Crippen LogP contribution in [0.2, 0.25) is 0 Å². The van der Waals surface area contributed by atoms with Crippen LogP contribution < -0.4 is 0 Å². The van der Waals surface area contributed by atoms with Crippen molar-refractivity contribution >= 4 is 487 Å². The number of carbonyl (C=O) groups excluding carboxylic acids is 5. The van der Waals surface area contributed by atoms with Crippen molar-refractivity contribution in [2.45, 2.75) is 25.7 Å². The number of esters is 5. The van der Waals surface area contributed by atoms with Crippen LogP contribution in [-0.4, -0.2) is 149 Å². The van der Waals surface area contributed by atoms with E-state index in [2.05, 4.69) is 227 Å². The van der Waals surface area contributed by atoms with Gasteiger partial charge < -0.3 is 47.3 Å². The topological polar surface area (TPSA) is 373 Å². The van der Waals surface area contributed by atoms with Gasteiger partial charge in [-0.2, -0.15) is 26.3 Å². The van der Waals surface area contributed by atoms with Gasteiger partial charge in [-0.05, 0) is 473 Å². The summed E-state index contributed by atoms with van der Waals surface area (Å²) in [4.78, 5) is 57.0. The van der Waals surface area contributed by atoms with Gasteiger partial charge in [-0.25, -0.2) is 106 Å². The highest BCUT2D eigenvalue weighted by Crippen LogP contribution is 2.38. The molecule has 8 aromatic carbocycles. The molecule has 0 saturated carbocycles. The van der Waals surface area contributed by atoms with Crippen LogP contribution in [0, 0.1) is 117 Å². The molecule has 0 unspecified atom stereocenters. The monoisotopic (exact) mass is 3930 g/mol. The first-order valence-corrected chi connectivity index (χ1v) is 58.3. The molecule has 63 heteroatoms. The third-order valence-electron chi connectivity index (χ3n) is 13.6. The van der Waals surface area contributed by atoms with Gasteiger partial charge in [0.1, 0.15) is 46.6 Å². The first-order chi connectivity index (χ1) is 58.8. The van der Waals surface area contributed by atoms with Crippen molar-refractivity contribution in [2.75, 3.05) is 65.8 Å². The van der Waals surface area contributed by atoms with E-state index < -0.39 is 204 Å². The molecular formula is C65H33F15I18N5O20S5-5. The number of ether oxygens (including phenoxy) is 5. The average molecular weight is 3930 g/mol. The number of carbonyl (C=O) groups is 5. The normalized spacial score (nSPS) is 11.8. The number of hydrogen-bond donors (Lipinski definition) is 0. The molecule has 8 rings (SSSR count). The molecule has 704 valence electrons. The summed E-state index contributed by atoms with van der Waals surface area (Å²) in [6.07, 6.45) is 0. The Morgan fingerprint density at radius 3 is 0.938 bits per heavy atom. The van der Waals surface area contributed by atoms with Crippen molar-refractivity contribution < 1.29 is 156 Å². The molecule has 0 spiro atoms. The Balaban J connectivity index is 0.000000336. The standard InChI is InChI=1S/C15H6F5I3NO4S.2C15H9F2I3NO4S.C10H4F3I5NO4S.C10H5F3I4NO4S/c16-8-9(17)11(19)14(12(20)10(8)18)29(26,27)24-1-2-28-15(25)6-3-5(21)4-7(22)13(6)23;16-8-3-9(17)5-11(4-8)26(23,24)21-1-2-25-15(22)12-6-10(18)7-13(19)14(12)20;16-10-2-1-3-12(13(10)17)26(23,24)21-4-5-25-15(22)9-6-8(18)7-11(19)14(9)20;11-10(12,13)24(21,22)19-1-2-23-9(20)3-4(14)6(16)8(18)7(17)5(3)15;11-10(12,13)23(20,21)18-1-2-22-9(19)4-3-5(14)7(16)8(17)6(4)15/h3-4H,1-2H2;3-7H,1-2H2;1-3,6-7H,4-5H2;1-2H2;3H,1-2H2/q5*-1. The molecule has 8 aromatic rings. The minimum Gasteiger partial charge on any atom is -0.542 e. The lowest BCUT2D eigenvalue weighted by atomic mass is 10.2. The first-order valence-electron chi connectivity index (χ1n) is 31.7. The zero-order chi connectivity index (χ0) is 97.9. The van der Waals surface area contributed by atoms with Crippen molar-refractivity contribution in [1.29, 1.82) is 0 Å². The van der Waals surface area contributed by atoms with Crippen molar-refractivity contribution in [2.24, 2.45) is 0 Å². The number of halogens is 33. The zero-order valence-corrected chi connectivity index (χ0v) is 103. The fourth-order valence-corrected chi connectivity index (χ4v) is 27.6. The summed E-state index contributed by atoms with van der Waals surface area (Å²) in [5, 5.41) is 0. The maximum atomic E-state index is 13.6. The van der Waals surface area contributed by atoms with Crippen molar-refractivity contribution in [3.8, 4) is 0 Å². The lowest BCUT2D eigenvalue weighted by Crippen LogP contribution is -2.23. The van der Waals surface area contributed by atoms with Crippen molar-refractivity contribution in [1.82, 2.24) is 0 Å². The summed E-state index contributed by atoms with van der Waals surface area (Å²) in [7, 11) is -25.0. The maximum Gasteiger partial charge on any atom is 0.480 e. The number of hydrogen-bond acceptors (Lipinski definition) is 20. The molecule has 128 heavy (non-hydrogen) atoms. The van der Waals surface area contributed by atoms with Crippen LogP contribution in [0.25, 0.3) is 23.6 Å². The molecule has 0 aliphatic rings. The Bertz CT molecular complexity index is 6120. The lowest BCUT2D eigenvalue weighted by molar-refractivity contribution is -0.0433. The van der Waals surface area contributed by atoms with Crippen molar-refractivity contribution in [3.63, 3.8) is 0 Å². The maximum absolute atomic E-state index is 13.6. The van der Waals surface area contributed by atoms with E-state index in [4.69, 9.17) is 23.7 Å². The molecule has 0 amide bonds. The summed E-state index contributed by atoms with van der Waals surface area (Å²) in [6, 6.07) is 16.8. The van der Waals surface area contributed by atoms with Gasteiger partial charge in [-0.3, -0.25) is 0 Å². The third kappa shape index (κ3) is 36.3. The van der Waals surface area contributed by atoms with Crippen LogP contribution in [0.15, 0.2) is 93.5 Å². The fraction of sp³-hybridized carbons (Fsp3) is 0.185. The second kappa shape index (κ2) is 55.0. The number of rotatable bonds is 28. The van der Waals surface area contributed by atoms with Gasteiger partial charge in [-0.1, -0.05) is 6.07 Å². The molecule has 0 saturated heterocycles. The predicted octanol–water partition coefficient (Wildman–Crippen LogP) is 24.1. The summed E-state index contributed by atoms with van der Waals surface area (Å²) < 4.78 is 360. The number of benzene rings is 8. The Morgan fingerprint density at radius 1 is 0.297 bits per heavy atom. The second-order valence-electron chi connectivity index (χ2n) is 22.3. The highest BCUT2D eigenvalue weighted by atomic mass is 127. The Kier molecular flexibility index (Phi) is 52.9. The Morgan fingerprint density at radius 2 is 0.586 bits per heavy atom. The van der Waals surface area contributed by atoms with E-state index in [-0.39, 0.29) is 30.9 Å². The summed E-state index contributed by atoms with van der Waals surface area (Å²) in [5.74, 6) is -20.7. The number of nitrogens with zero attached hydrogens (tertiary/aromatic N) is 5. The molecule has 0 aliphatic carbocycles. The smallest absolute Gasteiger partial charge is 0.480 e. The van der Waals surface area contributed by atoms with Gasteiger partial charge >= 0.3 is 40.9 Å². The van der Waals surface area contributed by atoms with E-state index in [0.29, 0.717) is 49.2 Å². The van der Waals surface area contributed by atoms with Gasteiger partial charge in [0.25, 0.3) is 0 Å². The quantitative estimate of drug-likeness (QED) is 0.00836. The van der Waals surface area contributed by atoms with Gasteiger partial charge in [0.05, 0.1) is 70.6 Å². The van der Waals surface area contributed by atoms with E-state index in [9.17, 15) is 132 Å². The van der Waals surface area contributed by atoms with E-state index in [1.54, 1.807) is 18.2 Å². The van der Waals surface area contributed by atoms with E-state index >= 15 is 0 Å². The number of alkyl halides is 6. The van der Waals surface area contributed by atoms with E-state index in [0.717, 1.165) is 68.2 Å². The second-order valence-corrected chi connectivity index (χ2v) is 50.8. The molecule has 25 nitrogen and oxygen atoms in total. The van der Waals surface area contributed by atoms with Gasteiger partial charge in [-0.15, -0.1) is 32.7 Å². The molecule has 0 radical (unpaired) electrons.